The molecule has 2 aromatic rings. The van der Waals surface area contributed by atoms with Gasteiger partial charge in [0.2, 0.25) is 0 Å². The third-order valence-electron chi connectivity index (χ3n) is 3.60. The Morgan fingerprint density at radius 3 is 2.59 bits per heavy atom. The SMILES string of the molecule is O=C(O)c1ccc(S(=O)(=O)N2CCc3ccccc32)cc1F. The first-order valence-corrected chi connectivity index (χ1v) is 7.99. The fourth-order valence-electron chi connectivity index (χ4n) is 2.51. The number of aromatic carboxylic acids is 1. The minimum absolute atomic E-state index is 0.258. The Morgan fingerprint density at radius 1 is 1.18 bits per heavy atom. The number of anilines is 1. The maximum absolute atomic E-state index is 13.8. The Hall–Kier alpha value is -2.41. The molecule has 0 spiro atoms. The van der Waals surface area contributed by atoms with E-state index in [1.54, 1.807) is 12.1 Å². The smallest absolute Gasteiger partial charge is 0.338 e. The van der Waals surface area contributed by atoms with Gasteiger partial charge in [-0.3, -0.25) is 4.31 Å². The number of hydrogen-bond donors (Lipinski definition) is 1. The molecule has 0 aliphatic carbocycles. The molecule has 5 nitrogen and oxygen atoms in total. The first kappa shape index (κ1) is 14.5. The van der Waals surface area contributed by atoms with Crippen LogP contribution in [0.5, 0.6) is 0 Å². The van der Waals surface area contributed by atoms with Gasteiger partial charge >= 0.3 is 5.97 Å². The Kier molecular flexibility index (Phi) is 3.37. The highest BCUT2D eigenvalue weighted by Gasteiger charge is 2.31. The number of para-hydroxylation sites is 1. The van der Waals surface area contributed by atoms with Crippen molar-refractivity contribution in [3.05, 3.63) is 59.4 Å². The Labute approximate surface area is 126 Å². The van der Waals surface area contributed by atoms with Crippen molar-refractivity contribution in [1.82, 2.24) is 0 Å². The highest BCUT2D eigenvalue weighted by molar-refractivity contribution is 7.92. The molecule has 0 aromatic heterocycles. The molecule has 1 aliphatic rings. The number of halogens is 1. The van der Waals surface area contributed by atoms with E-state index in [1.807, 2.05) is 12.1 Å². The molecular formula is C15H12FNO4S. The first-order valence-electron chi connectivity index (χ1n) is 6.55. The lowest BCUT2D eigenvalue weighted by atomic mass is 10.2. The Morgan fingerprint density at radius 2 is 1.91 bits per heavy atom. The molecule has 0 unspecified atom stereocenters. The summed E-state index contributed by atoms with van der Waals surface area (Å²) < 4.78 is 40.3. The largest absolute Gasteiger partial charge is 0.478 e. The molecule has 3 rings (SSSR count). The number of fused-ring (bicyclic) bond motifs is 1. The molecule has 1 aliphatic heterocycles. The summed E-state index contributed by atoms with van der Waals surface area (Å²) in [5.41, 5.74) is 0.930. The summed E-state index contributed by atoms with van der Waals surface area (Å²) in [7, 11) is -3.92. The van der Waals surface area contributed by atoms with Crippen molar-refractivity contribution < 1.29 is 22.7 Å². The van der Waals surface area contributed by atoms with Gasteiger partial charge in [-0.15, -0.1) is 0 Å². The van der Waals surface area contributed by atoms with Gasteiger partial charge < -0.3 is 5.11 Å². The maximum atomic E-state index is 13.8. The summed E-state index contributed by atoms with van der Waals surface area (Å²) in [6, 6.07) is 9.94. The fraction of sp³-hybridized carbons (Fsp3) is 0.133. The molecule has 7 heteroatoms. The standard InChI is InChI=1S/C15H12FNO4S/c16-13-9-11(5-6-12(13)15(18)19)22(20,21)17-8-7-10-3-1-2-4-14(10)17/h1-6,9H,7-8H2,(H,18,19). The van der Waals surface area contributed by atoms with Crippen LogP contribution >= 0.6 is 0 Å². The molecule has 0 amide bonds. The van der Waals surface area contributed by atoms with Crippen LogP contribution in [0.25, 0.3) is 0 Å². The van der Waals surface area contributed by atoms with Crippen molar-refractivity contribution >= 4 is 21.7 Å². The summed E-state index contributed by atoms with van der Waals surface area (Å²) >= 11 is 0. The average Bonchev–Trinajstić information content (AvgIpc) is 2.91. The summed E-state index contributed by atoms with van der Waals surface area (Å²) in [6.45, 7) is 0.282. The van der Waals surface area contributed by atoms with Crippen LogP contribution in [-0.2, 0) is 16.4 Å². The van der Waals surface area contributed by atoms with E-state index in [0.29, 0.717) is 12.1 Å². The monoisotopic (exact) mass is 321 g/mol. The highest BCUT2D eigenvalue weighted by atomic mass is 32.2. The van der Waals surface area contributed by atoms with Crippen molar-refractivity contribution in [2.75, 3.05) is 10.8 Å². The van der Waals surface area contributed by atoms with E-state index in [4.69, 9.17) is 5.11 Å². The lowest BCUT2D eigenvalue weighted by molar-refractivity contribution is 0.0691. The van der Waals surface area contributed by atoms with Gasteiger partial charge in [-0.2, -0.15) is 0 Å². The van der Waals surface area contributed by atoms with Crippen LogP contribution in [0.1, 0.15) is 15.9 Å². The molecule has 1 N–H and O–H groups in total. The van der Waals surface area contributed by atoms with Crippen LogP contribution in [0.4, 0.5) is 10.1 Å². The quantitative estimate of drug-likeness (QED) is 0.941. The van der Waals surface area contributed by atoms with E-state index < -0.39 is 27.4 Å². The molecule has 0 saturated carbocycles. The van der Waals surface area contributed by atoms with Gasteiger partial charge in [0.05, 0.1) is 16.1 Å². The fourth-order valence-corrected chi connectivity index (χ4v) is 4.03. The zero-order valence-electron chi connectivity index (χ0n) is 11.4. The first-order chi connectivity index (χ1) is 10.4. The topological polar surface area (TPSA) is 74.7 Å². The van der Waals surface area contributed by atoms with Crippen molar-refractivity contribution in [1.29, 1.82) is 0 Å². The molecule has 0 fully saturated rings. The van der Waals surface area contributed by atoms with Crippen LogP contribution in [0, 0.1) is 5.82 Å². The molecule has 0 bridgehead atoms. The highest BCUT2D eigenvalue weighted by Crippen LogP contribution is 2.32. The second-order valence-corrected chi connectivity index (χ2v) is 6.77. The third-order valence-corrected chi connectivity index (χ3v) is 5.41. The lowest BCUT2D eigenvalue weighted by Gasteiger charge is -2.19. The van der Waals surface area contributed by atoms with E-state index in [1.165, 1.54) is 4.31 Å². The second-order valence-electron chi connectivity index (χ2n) is 4.90. The maximum Gasteiger partial charge on any atom is 0.338 e. The van der Waals surface area contributed by atoms with E-state index >= 15 is 0 Å². The van der Waals surface area contributed by atoms with Crippen LogP contribution in [-0.4, -0.2) is 26.0 Å². The predicted octanol–water partition coefficient (Wildman–Crippen LogP) is 2.28. The summed E-state index contributed by atoms with van der Waals surface area (Å²) in [5, 5.41) is 8.80. The van der Waals surface area contributed by atoms with E-state index in [-0.39, 0.29) is 11.4 Å². The number of sulfonamides is 1. The number of benzene rings is 2. The molecule has 0 saturated heterocycles. The van der Waals surface area contributed by atoms with Gasteiger partial charge in [-0.25, -0.2) is 17.6 Å². The van der Waals surface area contributed by atoms with E-state index in [2.05, 4.69) is 0 Å². The third kappa shape index (κ3) is 2.23. The van der Waals surface area contributed by atoms with E-state index in [9.17, 15) is 17.6 Å². The van der Waals surface area contributed by atoms with Gasteiger partial charge in [0.1, 0.15) is 5.82 Å². The van der Waals surface area contributed by atoms with Crippen molar-refractivity contribution in [3.63, 3.8) is 0 Å². The summed E-state index contributed by atoms with van der Waals surface area (Å²) in [4.78, 5) is 10.5. The lowest BCUT2D eigenvalue weighted by Crippen LogP contribution is -2.29. The number of carboxylic acids is 1. The van der Waals surface area contributed by atoms with Gasteiger partial charge in [-0.05, 0) is 36.2 Å². The molecule has 0 atom stereocenters. The molecular weight excluding hydrogens is 309 g/mol. The van der Waals surface area contributed by atoms with Gasteiger partial charge in [0.25, 0.3) is 10.0 Å². The second kappa shape index (κ2) is 5.10. The van der Waals surface area contributed by atoms with Gasteiger partial charge in [0, 0.05) is 6.54 Å². The minimum atomic E-state index is -3.92. The molecule has 0 radical (unpaired) electrons. The molecule has 114 valence electrons. The van der Waals surface area contributed by atoms with E-state index in [0.717, 1.165) is 23.8 Å². The van der Waals surface area contributed by atoms with Crippen LogP contribution in [0.2, 0.25) is 0 Å². The van der Waals surface area contributed by atoms with Crippen LogP contribution in [0.3, 0.4) is 0 Å². The summed E-state index contributed by atoms with van der Waals surface area (Å²) in [5.74, 6) is -2.51. The van der Waals surface area contributed by atoms with Gasteiger partial charge in [-0.1, -0.05) is 18.2 Å². The Balaban J connectivity index is 2.05. The number of carboxylic acid groups (broad SMARTS) is 1. The normalized spacial score (nSPS) is 14.0. The zero-order valence-corrected chi connectivity index (χ0v) is 12.2. The number of hydrogen-bond acceptors (Lipinski definition) is 3. The van der Waals surface area contributed by atoms with Crippen LogP contribution < -0.4 is 4.31 Å². The van der Waals surface area contributed by atoms with Crippen molar-refractivity contribution in [2.24, 2.45) is 0 Å². The zero-order chi connectivity index (χ0) is 15.9. The predicted molar refractivity (Wildman–Crippen MR) is 78.0 cm³/mol. The molecule has 22 heavy (non-hydrogen) atoms. The minimum Gasteiger partial charge on any atom is -0.478 e. The number of carbonyl (C=O) groups is 1. The number of nitrogens with zero attached hydrogens (tertiary/aromatic N) is 1. The average molecular weight is 321 g/mol. The molecule has 1 heterocycles. The van der Waals surface area contributed by atoms with Crippen molar-refractivity contribution in [3.8, 4) is 0 Å². The van der Waals surface area contributed by atoms with Crippen LogP contribution in [0.15, 0.2) is 47.4 Å². The van der Waals surface area contributed by atoms with Crippen molar-refractivity contribution in [2.45, 2.75) is 11.3 Å². The Bertz CT molecular complexity index is 864. The molecule has 2 aromatic carbocycles. The summed E-state index contributed by atoms with van der Waals surface area (Å²) in [6.07, 6.45) is 0.588. The van der Waals surface area contributed by atoms with Gasteiger partial charge in [0.15, 0.2) is 0 Å². The number of rotatable bonds is 3.